The maximum absolute atomic E-state index is 12.8. The van der Waals surface area contributed by atoms with Crippen LogP contribution < -0.4 is 10.6 Å². The zero-order chi connectivity index (χ0) is 21.8. The number of hydrogen-bond donors (Lipinski definition) is 2. The molecule has 2 N–H and O–H groups in total. The fraction of sp³-hybridized carbons (Fsp3) is 0.222. The maximum atomic E-state index is 12.8. The Labute approximate surface area is 190 Å². The quantitative estimate of drug-likeness (QED) is 0.381. The highest BCUT2D eigenvalue weighted by atomic mass is 32.2. The molecule has 9 nitrogen and oxygen atoms in total. The van der Waals surface area contributed by atoms with Gasteiger partial charge in [-0.2, -0.15) is 4.31 Å². The highest BCUT2D eigenvalue weighted by Crippen LogP contribution is 2.29. The number of piperazine rings is 1. The van der Waals surface area contributed by atoms with E-state index in [1.165, 1.54) is 52.2 Å². The maximum Gasteiger partial charge on any atom is 0.257 e. The standard InChI is InChI=1S/C18H17N5O4S4/c24-15-10-23(7-6-19-15)31(26,27)14-5-1-3-12(9-14)16(25)20-17-21-22-18(30-17)29-11-13-4-2-8-28-13/h1-5,8-9H,6-7,10-11H2,(H,19,24)(H,20,21,25). The van der Waals surface area contributed by atoms with Crippen LogP contribution in [0.3, 0.4) is 0 Å². The van der Waals surface area contributed by atoms with Crippen molar-refractivity contribution in [2.45, 2.75) is 15.0 Å². The summed E-state index contributed by atoms with van der Waals surface area (Å²) in [5, 5.41) is 15.6. The Morgan fingerprint density at radius 2 is 2.13 bits per heavy atom. The van der Waals surface area contributed by atoms with Crippen molar-refractivity contribution >= 4 is 61.4 Å². The molecule has 13 heteroatoms. The number of carbonyl (C=O) groups is 2. The molecular formula is C18H17N5O4S4. The van der Waals surface area contributed by atoms with Crippen molar-refractivity contribution in [3.05, 3.63) is 52.2 Å². The Hall–Kier alpha value is -2.32. The molecule has 31 heavy (non-hydrogen) atoms. The van der Waals surface area contributed by atoms with Crippen molar-refractivity contribution in [1.82, 2.24) is 19.8 Å². The molecule has 1 aromatic carbocycles. The van der Waals surface area contributed by atoms with Crippen molar-refractivity contribution < 1.29 is 18.0 Å². The van der Waals surface area contributed by atoms with E-state index in [-0.39, 0.29) is 36.0 Å². The summed E-state index contributed by atoms with van der Waals surface area (Å²) in [4.78, 5) is 25.4. The third-order valence-corrected chi connectivity index (χ3v) is 9.20. The molecule has 2 amide bonds. The third-order valence-electron chi connectivity index (χ3n) is 4.28. The fourth-order valence-corrected chi connectivity index (χ4v) is 6.75. The Kier molecular flexibility index (Phi) is 6.67. The number of nitrogens with one attached hydrogen (secondary N) is 2. The van der Waals surface area contributed by atoms with Gasteiger partial charge in [-0.15, -0.1) is 21.5 Å². The van der Waals surface area contributed by atoms with E-state index in [1.807, 2.05) is 17.5 Å². The topological polar surface area (TPSA) is 121 Å². The Balaban J connectivity index is 1.43. The first kappa shape index (κ1) is 21.9. The summed E-state index contributed by atoms with van der Waals surface area (Å²) in [6.07, 6.45) is 0. The molecule has 1 saturated heterocycles. The van der Waals surface area contributed by atoms with Crippen LogP contribution in [0, 0.1) is 0 Å². The van der Waals surface area contributed by atoms with Crippen LogP contribution in [-0.4, -0.2) is 54.4 Å². The van der Waals surface area contributed by atoms with Gasteiger partial charge in [0.1, 0.15) is 0 Å². The molecule has 3 heterocycles. The summed E-state index contributed by atoms with van der Waals surface area (Å²) < 4.78 is 27.5. The molecule has 1 fully saturated rings. The van der Waals surface area contributed by atoms with Crippen LogP contribution in [0.1, 0.15) is 15.2 Å². The lowest BCUT2D eigenvalue weighted by Crippen LogP contribution is -2.49. The van der Waals surface area contributed by atoms with E-state index in [4.69, 9.17) is 0 Å². The number of sulfonamides is 1. The molecule has 3 aromatic rings. The molecule has 0 unspecified atom stereocenters. The predicted octanol–water partition coefficient (Wildman–Crippen LogP) is 2.26. The third kappa shape index (κ3) is 5.30. The van der Waals surface area contributed by atoms with Gasteiger partial charge in [-0.05, 0) is 29.6 Å². The van der Waals surface area contributed by atoms with Gasteiger partial charge in [0.05, 0.1) is 11.4 Å². The van der Waals surface area contributed by atoms with Crippen LogP contribution in [0.25, 0.3) is 0 Å². The van der Waals surface area contributed by atoms with Crippen LogP contribution in [0.5, 0.6) is 0 Å². The first-order chi connectivity index (χ1) is 14.9. The number of benzene rings is 1. The molecule has 1 aliphatic heterocycles. The average Bonchev–Trinajstić information content (AvgIpc) is 3.44. The Morgan fingerprint density at radius 3 is 2.90 bits per heavy atom. The molecule has 1 aliphatic rings. The number of anilines is 1. The highest BCUT2D eigenvalue weighted by Gasteiger charge is 2.29. The molecule has 0 saturated carbocycles. The molecule has 2 aromatic heterocycles. The normalized spacial score (nSPS) is 14.9. The molecular weight excluding hydrogens is 478 g/mol. The van der Waals surface area contributed by atoms with Crippen LogP contribution in [0.4, 0.5) is 5.13 Å². The first-order valence-corrected chi connectivity index (χ1v) is 13.2. The zero-order valence-electron chi connectivity index (χ0n) is 16.0. The van der Waals surface area contributed by atoms with Gasteiger partial charge in [0.2, 0.25) is 21.1 Å². The summed E-state index contributed by atoms with van der Waals surface area (Å²) in [7, 11) is -3.88. The van der Waals surface area contributed by atoms with Gasteiger partial charge in [0, 0.05) is 29.3 Å². The number of amides is 2. The van der Waals surface area contributed by atoms with E-state index in [2.05, 4.69) is 20.8 Å². The predicted molar refractivity (Wildman–Crippen MR) is 120 cm³/mol. The minimum absolute atomic E-state index is 0.0423. The van der Waals surface area contributed by atoms with Gasteiger partial charge in [-0.3, -0.25) is 14.9 Å². The lowest BCUT2D eigenvalue weighted by Gasteiger charge is -2.26. The van der Waals surface area contributed by atoms with Gasteiger partial charge < -0.3 is 5.32 Å². The molecule has 0 atom stereocenters. The van der Waals surface area contributed by atoms with Gasteiger partial charge in [0.15, 0.2) is 4.34 Å². The number of carbonyl (C=O) groups excluding carboxylic acids is 2. The lowest BCUT2D eigenvalue weighted by molar-refractivity contribution is -0.122. The lowest BCUT2D eigenvalue weighted by atomic mass is 10.2. The van der Waals surface area contributed by atoms with Crippen molar-refractivity contribution in [2.24, 2.45) is 0 Å². The summed E-state index contributed by atoms with van der Waals surface area (Å²) in [6.45, 7) is 0.193. The van der Waals surface area contributed by atoms with E-state index in [0.29, 0.717) is 5.13 Å². The van der Waals surface area contributed by atoms with Gasteiger partial charge in [-0.25, -0.2) is 8.42 Å². The second-order valence-electron chi connectivity index (χ2n) is 6.41. The summed E-state index contributed by atoms with van der Waals surface area (Å²) in [5.41, 5.74) is 0.172. The average molecular weight is 496 g/mol. The highest BCUT2D eigenvalue weighted by molar-refractivity contribution is 8.00. The summed E-state index contributed by atoms with van der Waals surface area (Å²) in [6, 6.07) is 9.74. The summed E-state index contributed by atoms with van der Waals surface area (Å²) in [5.74, 6) is -0.0681. The van der Waals surface area contributed by atoms with E-state index in [1.54, 1.807) is 11.3 Å². The van der Waals surface area contributed by atoms with Crippen LogP contribution in [0.2, 0.25) is 0 Å². The number of thioether (sulfide) groups is 1. The molecule has 162 valence electrons. The summed E-state index contributed by atoms with van der Waals surface area (Å²) >= 11 is 4.44. The molecule has 0 aliphatic carbocycles. The minimum atomic E-state index is -3.88. The van der Waals surface area contributed by atoms with Gasteiger partial charge >= 0.3 is 0 Å². The van der Waals surface area contributed by atoms with Crippen LogP contribution in [0.15, 0.2) is 51.0 Å². The van der Waals surface area contributed by atoms with E-state index < -0.39 is 15.9 Å². The fourth-order valence-electron chi connectivity index (χ4n) is 2.78. The molecule has 0 bridgehead atoms. The van der Waals surface area contributed by atoms with Crippen LogP contribution >= 0.6 is 34.4 Å². The second kappa shape index (κ2) is 9.44. The van der Waals surface area contributed by atoms with E-state index in [0.717, 1.165) is 14.4 Å². The number of aromatic nitrogens is 2. The van der Waals surface area contributed by atoms with E-state index in [9.17, 15) is 18.0 Å². The second-order valence-corrected chi connectivity index (χ2v) is 11.6. The Morgan fingerprint density at radius 1 is 1.26 bits per heavy atom. The number of nitrogens with zero attached hydrogens (tertiary/aromatic N) is 3. The molecule has 0 radical (unpaired) electrons. The SMILES string of the molecule is O=C1CN(S(=O)(=O)c2cccc(C(=O)Nc3nnc(SCc4cccs4)s3)c2)CCN1. The molecule has 4 rings (SSSR count). The van der Waals surface area contributed by atoms with Crippen molar-refractivity contribution in [3.63, 3.8) is 0 Å². The number of hydrogen-bond acceptors (Lipinski definition) is 9. The zero-order valence-corrected chi connectivity index (χ0v) is 19.2. The van der Waals surface area contributed by atoms with E-state index >= 15 is 0 Å². The van der Waals surface area contributed by atoms with Crippen LogP contribution in [-0.2, 0) is 20.6 Å². The smallest absolute Gasteiger partial charge is 0.257 e. The Bertz CT molecular complexity index is 1190. The van der Waals surface area contributed by atoms with Crippen molar-refractivity contribution in [1.29, 1.82) is 0 Å². The number of thiophene rings is 1. The van der Waals surface area contributed by atoms with Gasteiger partial charge in [-0.1, -0.05) is 35.2 Å². The molecule has 0 spiro atoms. The van der Waals surface area contributed by atoms with Crippen molar-refractivity contribution in [2.75, 3.05) is 25.0 Å². The minimum Gasteiger partial charge on any atom is -0.354 e. The van der Waals surface area contributed by atoms with Gasteiger partial charge in [0.25, 0.3) is 5.91 Å². The first-order valence-electron chi connectivity index (χ1n) is 9.09. The number of rotatable bonds is 7. The monoisotopic (exact) mass is 495 g/mol. The largest absolute Gasteiger partial charge is 0.354 e. The van der Waals surface area contributed by atoms with Crippen molar-refractivity contribution in [3.8, 4) is 0 Å².